The summed E-state index contributed by atoms with van der Waals surface area (Å²) in [5.41, 5.74) is 1.96. The molecular formula is C20H23N3OS. The zero-order valence-corrected chi connectivity index (χ0v) is 15.1. The van der Waals surface area contributed by atoms with E-state index in [0.717, 1.165) is 53.3 Å². The third kappa shape index (κ3) is 2.78. The summed E-state index contributed by atoms with van der Waals surface area (Å²) in [4.78, 5) is 21.7. The van der Waals surface area contributed by atoms with Crippen LogP contribution in [0.3, 0.4) is 0 Å². The summed E-state index contributed by atoms with van der Waals surface area (Å²) in [6, 6.07) is 3.94. The van der Waals surface area contributed by atoms with E-state index in [2.05, 4.69) is 20.7 Å². The van der Waals surface area contributed by atoms with Crippen molar-refractivity contribution in [2.45, 2.75) is 45.1 Å². The summed E-state index contributed by atoms with van der Waals surface area (Å²) >= 11 is 1.62. The fourth-order valence-electron chi connectivity index (χ4n) is 5.76. The van der Waals surface area contributed by atoms with Gasteiger partial charge in [0.05, 0.1) is 12.2 Å². The lowest BCUT2D eigenvalue weighted by Crippen LogP contribution is -2.53. The number of nitrogens with zero attached hydrogens (tertiary/aromatic N) is 2. The van der Waals surface area contributed by atoms with Gasteiger partial charge in [-0.2, -0.15) is 0 Å². The molecule has 5 heteroatoms. The average molecular weight is 353 g/mol. The Kier molecular flexibility index (Phi) is 3.66. The predicted octanol–water partition coefficient (Wildman–Crippen LogP) is 4.04. The van der Waals surface area contributed by atoms with Gasteiger partial charge in [-0.15, -0.1) is 11.3 Å². The van der Waals surface area contributed by atoms with Gasteiger partial charge in [0.2, 0.25) is 5.91 Å². The van der Waals surface area contributed by atoms with Crippen LogP contribution in [0.4, 0.5) is 0 Å². The average Bonchev–Trinajstić information content (AvgIpc) is 3.08. The summed E-state index contributed by atoms with van der Waals surface area (Å²) in [5.74, 6) is 2.68. The molecule has 2 aromatic heterocycles. The number of carbonyl (C=O) groups excluding carboxylic acids is 1. The lowest BCUT2D eigenvalue weighted by atomic mass is 9.49. The molecule has 2 heterocycles. The number of amides is 1. The molecular weight excluding hydrogens is 330 g/mol. The van der Waals surface area contributed by atoms with E-state index in [1.54, 1.807) is 23.7 Å². The van der Waals surface area contributed by atoms with Gasteiger partial charge < -0.3 is 5.32 Å². The molecule has 0 spiro atoms. The van der Waals surface area contributed by atoms with E-state index in [1.165, 1.54) is 19.3 Å². The minimum atomic E-state index is -0.0707. The van der Waals surface area contributed by atoms with Crippen LogP contribution in [-0.2, 0) is 11.3 Å². The van der Waals surface area contributed by atoms with Crippen LogP contribution in [0, 0.1) is 23.2 Å². The van der Waals surface area contributed by atoms with Crippen LogP contribution >= 0.6 is 11.3 Å². The second-order valence-corrected chi connectivity index (χ2v) is 9.12. The number of carbonyl (C=O) groups is 1. The number of hydrogen-bond donors (Lipinski definition) is 1. The van der Waals surface area contributed by atoms with Crippen LogP contribution in [0.5, 0.6) is 0 Å². The van der Waals surface area contributed by atoms with E-state index in [9.17, 15) is 4.79 Å². The highest BCUT2D eigenvalue weighted by Crippen LogP contribution is 2.60. The Hall–Kier alpha value is -1.75. The number of hydrogen-bond acceptors (Lipinski definition) is 4. The molecule has 4 aliphatic rings. The van der Waals surface area contributed by atoms with Gasteiger partial charge in [0.25, 0.3) is 0 Å². The highest BCUT2D eigenvalue weighted by atomic mass is 32.1. The maximum absolute atomic E-state index is 13.0. The summed E-state index contributed by atoms with van der Waals surface area (Å²) in [6.07, 6.45) is 11.0. The standard InChI is InChI=1S/C20H23N3OS/c24-19(20-8-13-5-14(9-20)7-15(6-13)10-20)22-11-17-12-25-18(23-17)16-1-3-21-4-2-16/h1-4,12-15H,5-11H2,(H,22,24). The Morgan fingerprint density at radius 2 is 1.76 bits per heavy atom. The van der Waals surface area contributed by atoms with Gasteiger partial charge in [-0.05, 0) is 68.4 Å². The van der Waals surface area contributed by atoms with Crippen molar-refractivity contribution in [2.75, 3.05) is 0 Å². The highest BCUT2D eigenvalue weighted by molar-refractivity contribution is 7.13. The maximum Gasteiger partial charge on any atom is 0.226 e. The lowest BCUT2D eigenvalue weighted by Gasteiger charge is -2.55. The van der Waals surface area contributed by atoms with E-state index in [0.29, 0.717) is 6.54 Å². The topological polar surface area (TPSA) is 54.9 Å². The minimum absolute atomic E-state index is 0.0707. The van der Waals surface area contributed by atoms with Crippen molar-refractivity contribution >= 4 is 17.2 Å². The summed E-state index contributed by atoms with van der Waals surface area (Å²) in [7, 11) is 0. The highest BCUT2D eigenvalue weighted by Gasteiger charge is 2.54. The first-order valence-electron chi connectivity index (χ1n) is 9.33. The monoisotopic (exact) mass is 353 g/mol. The Balaban J connectivity index is 1.26. The largest absolute Gasteiger partial charge is 0.350 e. The molecule has 1 amide bonds. The van der Waals surface area contributed by atoms with E-state index in [1.807, 2.05) is 12.1 Å². The smallest absolute Gasteiger partial charge is 0.226 e. The van der Waals surface area contributed by atoms with E-state index in [4.69, 9.17) is 0 Å². The third-order valence-electron chi connectivity index (χ3n) is 6.43. The zero-order chi connectivity index (χ0) is 16.9. The molecule has 130 valence electrons. The molecule has 0 unspecified atom stereocenters. The third-order valence-corrected chi connectivity index (χ3v) is 7.37. The normalized spacial score (nSPS) is 32.7. The molecule has 4 fully saturated rings. The van der Waals surface area contributed by atoms with Crippen molar-refractivity contribution in [1.29, 1.82) is 0 Å². The van der Waals surface area contributed by atoms with Gasteiger partial charge in [-0.25, -0.2) is 4.98 Å². The molecule has 0 aromatic carbocycles. The van der Waals surface area contributed by atoms with Gasteiger partial charge >= 0.3 is 0 Å². The summed E-state index contributed by atoms with van der Waals surface area (Å²) in [6.45, 7) is 0.544. The Morgan fingerprint density at radius 1 is 1.12 bits per heavy atom. The van der Waals surface area contributed by atoms with Crippen LogP contribution < -0.4 is 5.32 Å². The fraction of sp³-hybridized carbons (Fsp3) is 0.550. The molecule has 2 aromatic rings. The van der Waals surface area contributed by atoms with E-state index in [-0.39, 0.29) is 11.3 Å². The van der Waals surface area contributed by atoms with Crippen molar-refractivity contribution in [2.24, 2.45) is 23.2 Å². The molecule has 4 bridgehead atoms. The number of pyridine rings is 1. The quantitative estimate of drug-likeness (QED) is 0.902. The van der Waals surface area contributed by atoms with Gasteiger partial charge in [0, 0.05) is 28.8 Å². The van der Waals surface area contributed by atoms with Crippen LogP contribution in [0.15, 0.2) is 29.9 Å². The van der Waals surface area contributed by atoms with Crippen LogP contribution in [-0.4, -0.2) is 15.9 Å². The molecule has 1 N–H and O–H groups in total. The maximum atomic E-state index is 13.0. The first kappa shape index (κ1) is 15.5. The van der Waals surface area contributed by atoms with Crippen molar-refractivity contribution in [3.05, 3.63) is 35.6 Å². The number of rotatable bonds is 4. The van der Waals surface area contributed by atoms with Gasteiger partial charge in [0.15, 0.2) is 0 Å². The van der Waals surface area contributed by atoms with E-state index >= 15 is 0 Å². The molecule has 0 atom stereocenters. The number of aromatic nitrogens is 2. The van der Waals surface area contributed by atoms with Gasteiger partial charge in [-0.1, -0.05) is 0 Å². The summed E-state index contributed by atoms with van der Waals surface area (Å²) in [5, 5.41) is 6.25. The predicted molar refractivity (Wildman–Crippen MR) is 97.8 cm³/mol. The van der Waals surface area contributed by atoms with Crippen molar-refractivity contribution in [1.82, 2.24) is 15.3 Å². The van der Waals surface area contributed by atoms with Crippen LogP contribution in [0.1, 0.15) is 44.2 Å². The number of thiazole rings is 1. The Morgan fingerprint density at radius 3 is 2.40 bits per heavy atom. The Labute approximate surface area is 152 Å². The second kappa shape index (κ2) is 5.90. The Bertz CT molecular complexity index is 750. The summed E-state index contributed by atoms with van der Waals surface area (Å²) < 4.78 is 0. The lowest BCUT2D eigenvalue weighted by molar-refractivity contribution is -0.146. The molecule has 4 saturated carbocycles. The van der Waals surface area contributed by atoms with Crippen molar-refractivity contribution < 1.29 is 4.79 Å². The zero-order valence-electron chi connectivity index (χ0n) is 14.3. The van der Waals surface area contributed by atoms with Crippen molar-refractivity contribution in [3.8, 4) is 10.6 Å². The second-order valence-electron chi connectivity index (χ2n) is 8.26. The van der Waals surface area contributed by atoms with Crippen LogP contribution in [0.25, 0.3) is 10.6 Å². The molecule has 0 saturated heterocycles. The van der Waals surface area contributed by atoms with Crippen LogP contribution in [0.2, 0.25) is 0 Å². The van der Waals surface area contributed by atoms with Gasteiger partial charge in [-0.3, -0.25) is 9.78 Å². The molecule has 6 rings (SSSR count). The SMILES string of the molecule is O=C(NCc1csc(-c2ccncc2)n1)C12CC3CC(CC(C3)C1)C2. The fourth-order valence-corrected chi connectivity index (χ4v) is 6.59. The molecule has 0 radical (unpaired) electrons. The molecule has 4 nitrogen and oxygen atoms in total. The van der Waals surface area contributed by atoms with Gasteiger partial charge in [0.1, 0.15) is 5.01 Å². The van der Waals surface area contributed by atoms with Crippen molar-refractivity contribution in [3.63, 3.8) is 0 Å². The minimum Gasteiger partial charge on any atom is -0.350 e. The van der Waals surface area contributed by atoms with E-state index < -0.39 is 0 Å². The molecule has 0 aliphatic heterocycles. The first-order chi connectivity index (χ1) is 12.2. The molecule has 4 aliphatic carbocycles. The first-order valence-corrected chi connectivity index (χ1v) is 10.2. The number of nitrogens with one attached hydrogen (secondary N) is 1. The molecule has 25 heavy (non-hydrogen) atoms.